The van der Waals surface area contributed by atoms with Gasteiger partial charge in [-0.2, -0.15) is 0 Å². The second-order valence-corrected chi connectivity index (χ2v) is 3.77. The summed E-state index contributed by atoms with van der Waals surface area (Å²) in [5.74, 6) is 0. The maximum atomic E-state index is 9.92. The van der Waals surface area contributed by atoms with E-state index in [2.05, 4.69) is 24.0 Å². The molecule has 15 heavy (non-hydrogen) atoms. The lowest BCUT2D eigenvalue weighted by Crippen LogP contribution is -2.35. The minimum Gasteiger partial charge on any atom is -0.374 e. The van der Waals surface area contributed by atoms with Crippen LogP contribution in [0.5, 0.6) is 0 Å². The van der Waals surface area contributed by atoms with Crippen molar-refractivity contribution >= 4 is 5.69 Å². The summed E-state index contributed by atoms with van der Waals surface area (Å²) in [7, 11) is 0. The van der Waals surface area contributed by atoms with E-state index < -0.39 is 0 Å². The van der Waals surface area contributed by atoms with Gasteiger partial charge in [0, 0.05) is 12.2 Å². The third-order valence-electron chi connectivity index (χ3n) is 2.57. The monoisotopic (exact) mass is 207 g/mol. The Morgan fingerprint density at radius 3 is 2.40 bits per heavy atom. The van der Waals surface area contributed by atoms with Crippen LogP contribution in [0.4, 0.5) is 5.69 Å². The molecule has 0 heterocycles. The molecule has 1 N–H and O–H groups in total. The number of nitrogens with zero attached hydrogens (tertiary/aromatic N) is 1. The molecule has 1 aromatic carbocycles. The van der Waals surface area contributed by atoms with Crippen LogP contribution in [0.2, 0.25) is 0 Å². The number of hydrogen-bond donors (Lipinski definition) is 1. The fourth-order valence-electron chi connectivity index (χ4n) is 1.62. The Kier molecular flexibility index (Phi) is 5.19. The molecule has 0 radical (unpaired) electrons. The van der Waals surface area contributed by atoms with E-state index in [1.165, 1.54) is 0 Å². The lowest BCUT2D eigenvalue weighted by Gasteiger charge is -2.29. The molecule has 0 amide bonds. The van der Waals surface area contributed by atoms with Crippen molar-refractivity contribution in [3.63, 3.8) is 0 Å². The molecule has 0 bridgehead atoms. The van der Waals surface area contributed by atoms with Gasteiger partial charge in [0.1, 0.15) is 6.23 Å². The topological polar surface area (TPSA) is 23.5 Å². The van der Waals surface area contributed by atoms with Crippen LogP contribution in [-0.4, -0.2) is 17.9 Å². The summed E-state index contributed by atoms with van der Waals surface area (Å²) in [5, 5.41) is 9.92. The maximum absolute atomic E-state index is 9.92. The van der Waals surface area contributed by atoms with Crippen LogP contribution in [0, 0.1) is 0 Å². The Balaban J connectivity index is 2.72. The average Bonchev–Trinajstić information content (AvgIpc) is 2.30. The third-order valence-corrected chi connectivity index (χ3v) is 2.57. The highest BCUT2D eigenvalue weighted by atomic mass is 16.3. The standard InChI is InChI=1S/C13H21NO/c1-3-5-11-14(13(15)4-2)12-9-7-6-8-10-12/h6-10,13,15H,3-5,11H2,1-2H3. The van der Waals surface area contributed by atoms with Crippen LogP contribution in [0.1, 0.15) is 33.1 Å². The van der Waals surface area contributed by atoms with Crippen molar-refractivity contribution in [2.24, 2.45) is 0 Å². The zero-order valence-electron chi connectivity index (χ0n) is 9.69. The summed E-state index contributed by atoms with van der Waals surface area (Å²) in [6.07, 6.45) is 2.67. The largest absolute Gasteiger partial charge is 0.374 e. The lowest BCUT2D eigenvalue weighted by atomic mass is 10.2. The van der Waals surface area contributed by atoms with Crippen molar-refractivity contribution in [3.8, 4) is 0 Å². The van der Waals surface area contributed by atoms with Gasteiger partial charge in [-0.15, -0.1) is 0 Å². The molecule has 0 saturated carbocycles. The number of aliphatic hydroxyl groups is 1. The Morgan fingerprint density at radius 2 is 1.87 bits per heavy atom. The predicted octanol–water partition coefficient (Wildman–Crippen LogP) is 3.02. The van der Waals surface area contributed by atoms with Crippen LogP contribution >= 0.6 is 0 Å². The number of hydrogen-bond acceptors (Lipinski definition) is 2. The molecule has 0 spiro atoms. The first kappa shape index (κ1) is 12.1. The Bertz CT molecular complexity index is 260. The quantitative estimate of drug-likeness (QED) is 0.725. The summed E-state index contributed by atoms with van der Waals surface area (Å²) in [4.78, 5) is 2.07. The number of unbranched alkanes of at least 4 members (excludes halogenated alkanes) is 1. The SMILES string of the molecule is CCCCN(c1ccccc1)C(O)CC. The minimum absolute atomic E-state index is 0.362. The van der Waals surface area contributed by atoms with Gasteiger partial charge in [0.05, 0.1) is 0 Å². The highest BCUT2D eigenvalue weighted by Crippen LogP contribution is 2.17. The molecular weight excluding hydrogens is 186 g/mol. The number of aliphatic hydroxyl groups excluding tert-OH is 1. The van der Waals surface area contributed by atoms with Crippen LogP contribution in [0.25, 0.3) is 0 Å². The van der Waals surface area contributed by atoms with Crippen LogP contribution in [-0.2, 0) is 0 Å². The molecule has 1 rings (SSSR count). The molecule has 0 aliphatic heterocycles. The first-order valence-corrected chi connectivity index (χ1v) is 5.79. The van der Waals surface area contributed by atoms with Gasteiger partial charge in [-0.25, -0.2) is 0 Å². The molecule has 0 aliphatic rings. The Hall–Kier alpha value is -1.02. The zero-order valence-corrected chi connectivity index (χ0v) is 9.69. The van der Waals surface area contributed by atoms with Gasteiger partial charge in [-0.05, 0) is 25.0 Å². The van der Waals surface area contributed by atoms with E-state index in [0.717, 1.165) is 31.5 Å². The highest BCUT2D eigenvalue weighted by Gasteiger charge is 2.12. The summed E-state index contributed by atoms with van der Waals surface area (Å²) < 4.78 is 0. The number of anilines is 1. The van der Waals surface area contributed by atoms with Crippen LogP contribution in [0.15, 0.2) is 30.3 Å². The molecule has 84 valence electrons. The van der Waals surface area contributed by atoms with Gasteiger partial charge in [0.2, 0.25) is 0 Å². The van der Waals surface area contributed by atoms with Gasteiger partial charge in [-0.3, -0.25) is 0 Å². The van der Waals surface area contributed by atoms with Crippen LogP contribution < -0.4 is 4.90 Å². The predicted molar refractivity (Wildman–Crippen MR) is 65.0 cm³/mol. The van der Waals surface area contributed by atoms with Crippen molar-refractivity contribution in [2.45, 2.75) is 39.3 Å². The van der Waals surface area contributed by atoms with E-state index in [1.807, 2.05) is 25.1 Å². The molecule has 0 aromatic heterocycles. The van der Waals surface area contributed by atoms with Crippen molar-refractivity contribution < 1.29 is 5.11 Å². The number of para-hydroxylation sites is 1. The van der Waals surface area contributed by atoms with Gasteiger partial charge in [-0.1, -0.05) is 38.5 Å². The molecule has 1 atom stereocenters. The third kappa shape index (κ3) is 3.56. The second kappa shape index (κ2) is 6.46. The van der Waals surface area contributed by atoms with Gasteiger partial charge in [0.25, 0.3) is 0 Å². The average molecular weight is 207 g/mol. The number of benzene rings is 1. The van der Waals surface area contributed by atoms with E-state index in [9.17, 15) is 5.11 Å². The zero-order chi connectivity index (χ0) is 11.1. The Labute approximate surface area is 92.5 Å². The smallest absolute Gasteiger partial charge is 0.126 e. The van der Waals surface area contributed by atoms with Crippen LogP contribution in [0.3, 0.4) is 0 Å². The van der Waals surface area contributed by atoms with Crippen molar-refractivity contribution in [2.75, 3.05) is 11.4 Å². The van der Waals surface area contributed by atoms with Crippen molar-refractivity contribution in [1.82, 2.24) is 0 Å². The molecular formula is C13H21NO. The molecule has 0 fully saturated rings. The van der Waals surface area contributed by atoms with E-state index in [-0.39, 0.29) is 6.23 Å². The molecule has 2 heteroatoms. The molecule has 1 aromatic rings. The minimum atomic E-state index is -0.362. The van der Waals surface area contributed by atoms with Crippen molar-refractivity contribution in [3.05, 3.63) is 30.3 Å². The fourth-order valence-corrected chi connectivity index (χ4v) is 1.62. The van der Waals surface area contributed by atoms with Gasteiger partial charge in [0.15, 0.2) is 0 Å². The van der Waals surface area contributed by atoms with Gasteiger partial charge >= 0.3 is 0 Å². The van der Waals surface area contributed by atoms with E-state index in [1.54, 1.807) is 0 Å². The summed E-state index contributed by atoms with van der Waals surface area (Å²) in [6.45, 7) is 5.10. The highest BCUT2D eigenvalue weighted by molar-refractivity contribution is 5.46. The number of rotatable bonds is 6. The molecule has 0 aliphatic carbocycles. The van der Waals surface area contributed by atoms with E-state index >= 15 is 0 Å². The normalized spacial score (nSPS) is 12.5. The van der Waals surface area contributed by atoms with E-state index in [0.29, 0.717) is 0 Å². The maximum Gasteiger partial charge on any atom is 0.126 e. The summed E-state index contributed by atoms with van der Waals surface area (Å²) in [5.41, 5.74) is 1.11. The molecule has 1 unspecified atom stereocenters. The first-order valence-electron chi connectivity index (χ1n) is 5.79. The molecule has 0 saturated heterocycles. The van der Waals surface area contributed by atoms with Gasteiger partial charge < -0.3 is 10.0 Å². The lowest BCUT2D eigenvalue weighted by molar-refractivity contribution is 0.163. The molecule has 2 nitrogen and oxygen atoms in total. The van der Waals surface area contributed by atoms with Crippen molar-refractivity contribution in [1.29, 1.82) is 0 Å². The summed E-state index contributed by atoms with van der Waals surface area (Å²) >= 11 is 0. The second-order valence-electron chi connectivity index (χ2n) is 3.77. The fraction of sp³-hybridized carbons (Fsp3) is 0.538. The Morgan fingerprint density at radius 1 is 1.20 bits per heavy atom. The summed E-state index contributed by atoms with van der Waals surface area (Å²) in [6, 6.07) is 10.1. The van der Waals surface area contributed by atoms with E-state index in [4.69, 9.17) is 0 Å². The first-order chi connectivity index (χ1) is 7.29.